The fourth-order valence-corrected chi connectivity index (χ4v) is 3.44. The van der Waals surface area contributed by atoms with E-state index in [0.717, 1.165) is 5.56 Å². The lowest BCUT2D eigenvalue weighted by Crippen LogP contribution is -2.47. The van der Waals surface area contributed by atoms with Crippen LogP contribution in [0, 0.1) is 0 Å². The summed E-state index contributed by atoms with van der Waals surface area (Å²) in [5, 5.41) is 5.55. The quantitative estimate of drug-likeness (QED) is 0.631. The predicted octanol–water partition coefficient (Wildman–Crippen LogP) is 2.27. The molecule has 178 valence electrons. The molecule has 1 aromatic carbocycles. The first-order chi connectivity index (χ1) is 15.1. The molecule has 3 amide bonds. The van der Waals surface area contributed by atoms with Crippen molar-refractivity contribution in [3.8, 4) is 11.5 Å². The Kier molecular flexibility index (Phi) is 9.16. The normalized spacial score (nSPS) is 14.5. The highest BCUT2D eigenvalue weighted by molar-refractivity contribution is 5.79. The second kappa shape index (κ2) is 11.6. The number of benzene rings is 1. The SMILES string of the molecule is COc1ccc(CC(=O)N2CCC(NC(=O)CCNC(=O)OC(C)(C)C)CC2)cc1OC. The van der Waals surface area contributed by atoms with E-state index in [1.54, 1.807) is 41.1 Å². The number of piperidine rings is 1. The monoisotopic (exact) mass is 449 g/mol. The summed E-state index contributed by atoms with van der Waals surface area (Å²) in [6, 6.07) is 5.49. The van der Waals surface area contributed by atoms with E-state index in [1.807, 2.05) is 17.0 Å². The third kappa shape index (κ3) is 8.28. The summed E-state index contributed by atoms with van der Waals surface area (Å²) in [5.74, 6) is 1.14. The molecule has 1 fully saturated rings. The van der Waals surface area contributed by atoms with Crippen LogP contribution >= 0.6 is 0 Å². The third-order valence-corrected chi connectivity index (χ3v) is 5.04. The summed E-state index contributed by atoms with van der Waals surface area (Å²) >= 11 is 0. The van der Waals surface area contributed by atoms with Crippen LogP contribution in [-0.2, 0) is 20.7 Å². The Balaban J connectivity index is 1.71. The zero-order valence-electron chi connectivity index (χ0n) is 19.7. The number of rotatable bonds is 8. The van der Waals surface area contributed by atoms with Gasteiger partial charge in [0.25, 0.3) is 0 Å². The van der Waals surface area contributed by atoms with E-state index < -0.39 is 11.7 Å². The van der Waals surface area contributed by atoms with E-state index in [0.29, 0.717) is 37.4 Å². The molecular weight excluding hydrogens is 414 g/mol. The molecular formula is C23H35N3O6. The van der Waals surface area contributed by atoms with Gasteiger partial charge in [0.05, 0.1) is 20.6 Å². The molecule has 0 aromatic heterocycles. The third-order valence-electron chi connectivity index (χ3n) is 5.04. The molecule has 0 bridgehead atoms. The molecule has 9 heteroatoms. The maximum absolute atomic E-state index is 12.7. The van der Waals surface area contributed by atoms with Crippen molar-refractivity contribution in [3.63, 3.8) is 0 Å². The van der Waals surface area contributed by atoms with Crippen molar-refractivity contribution in [3.05, 3.63) is 23.8 Å². The Morgan fingerprint density at radius 1 is 1.06 bits per heavy atom. The number of nitrogens with zero attached hydrogens (tertiary/aromatic N) is 1. The van der Waals surface area contributed by atoms with Gasteiger partial charge in [-0.25, -0.2) is 4.79 Å². The van der Waals surface area contributed by atoms with Crippen LogP contribution in [0.25, 0.3) is 0 Å². The summed E-state index contributed by atoms with van der Waals surface area (Å²) in [5.41, 5.74) is 0.289. The summed E-state index contributed by atoms with van der Waals surface area (Å²) in [6.45, 7) is 6.74. The lowest BCUT2D eigenvalue weighted by Gasteiger charge is -2.32. The van der Waals surface area contributed by atoms with Crippen molar-refractivity contribution >= 4 is 17.9 Å². The summed E-state index contributed by atoms with van der Waals surface area (Å²) in [4.78, 5) is 38.2. The maximum atomic E-state index is 12.7. The molecule has 0 aliphatic carbocycles. The van der Waals surface area contributed by atoms with Gasteiger partial charge in [-0.3, -0.25) is 9.59 Å². The largest absolute Gasteiger partial charge is 0.493 e. The van der Waals surface area contributed by atoms with Gasteiger partial charge < -0.3 is 29.7 Å². The number of carbonyl (C=O) groups excluding carboxylic acids is 3. The van der Waals surface area contributed by atoms with Gasteiger partial charge in [0.1, 0.15) is 5.60 Å². The van der Waals surface area contributed by atoms with E-state index in [-0.39, 0.29) is 37.2 Å². The van der Waals surface area contributed by atoms with Crippen LogP contribution in [-0.4, -0.2) is 68.3 Å². The number of amides is 3. The molecule has 1 aromatic rings. The van der Waals surface area contributed by atoms with Gasteiger partial charge in [0.2, 0.25) is 11.8 Å². The minimum absolute atomic E-state index is 0.0224. The maximum Gasteiger partial charge on any atom is 0.407 e. The fraction of sp³-hybridized carbons (Fsp3) is 0.609. The highest BCUT2D eigenvalue weighted by Crippen LogP contribution is 2.28. The number of alkyl carbamates (subject to hydrolysis) is 1. The molecule has 9 nitrogen and oxygen atoms in total. The van der Waals surface area contributed by atoms with Crippen LogP contribution in [0.2, 0.25) is 0 Å². The molecule has 2 N–H and O–H groups in total. The molecule has 2 rings (SSSR count). The van der Waals surface area contributed by atoms with Gasteiger partial charge in [-0.05, 0) is 51.3 Å². The van der Waals surface area contributed by atoms with Crippen LogP contribution in [0.15, 0.2) is 18.2 Å². The molecule has 32 heavy (non-hydrogen) atoms. The van der Waals surface area contributed by atoms with E-state index in [1.165, 1.54) is 0 Å². The number of carbonyl (C=O) groups is 3. The Morgan fingerprint density at radius 3 is 2.31 bits per heavy atom. The second-order valence-electron chi connectivity index (χ2n) is 8.77. The molecule has 0 atom stereocenters. The Hall–Kier alpha value is -2.97. The topological polar surface area (TPSA) is 106 Å². The molecule has 0 saturated carbocycles. The molecule has 0 unspecified atom stereocenters. The van der Waals surface area contributed by atoms with Gasteiger partial charge in [0, 0.05) is 32.1 Å². The Bertz CT molecular complexity index is 797. The smallest absolute Gasteiger partial charge is 0.407 e. The Labute approximate surface area is 189 Å². The van der Waals surface area contributed by atoms with Crippen molar-refractivity contribution < 1.29 is 28.6 Å². The van der Waals surface area contributed by atoms with Crippen LogP contribution in [0.3, 0.4) is 0 Å². The van der Waals surface area contributed by atoms with E-state index >= 15 is 0 Å². The van der Waals surface area contributed by atoms with Gasteiger partial charge in [0.15, 0.2) is 11.5 Å². The molecule has 1 aliphatic heterocycles. The lowest BCUT2D eigenvalue weighted by atomic mass is 10.0. The highest BCUT2D eigenvalue weighted by Gasteiger charge is 2.24. The first-order valence-corrected chi connectivity index (χ1v) is 10.9. The summed E-state index contributed by atoms with van der Waals surface area (Å²) < 4.78 is 15.7. The van der Waals surface area contributed by atoms with Crippen molar-refractivity contribution in [2.75, 3.05) is 33.9 Å². The molecule has 1 aliphatic rings. The van der Waals surface area contributed by atoms with E-state index in [4.69, 9.17) is 14.2 Å². The molecule has 1 heterocycles. The first kappa shape index (κ1) is 25.3. The zero-order valence-corrected chi connectivity index (χ0v) is 19.7. The molecule has 0 radical (unpaired) electrons. The van der Waals surface area contributed by atoms with Gasteiger partial charge in [-0.1, -0.05) is 6.07 Å². The average molecular weight is 450 g/mol. The first-order valence-electron chi connectivity index (χ1n) is 10.9. The van der Waals surface area contributed by atoms with E-state index in [2.05, 4.69) is 10.6 Å². The minimum Gasteiger partial charge on any atom is -0.493 e. The number of nitrogens with one attached hydrogen (secondary N) is 2. The summed E-state index contributed by atoms with van der Waals surface area (Å²) in [6.07, 6.45) is 1.32. The predicted molar refractivity (Wildman–Crippen MR) is 120 cm³/mol. The zero-order chi connectivity index (χ0) is 23.7. The highest BCUT2D eigenvalue weighted by atomic mass is 16.6. The van der Waals surface area contributed by atoms with Gasteiger partial charge in [-0.15, -0.1) is 0 Å². The van der Waals surface area contributed by atoms with Gasteiger partial charge >= 0.3 is 6.09 Å². The van der Waals surface area contributed by atoms with Crippen molar-refractivity contribution in [1.29, 1.82) is 0 Å². The van der Waals surface area contributed by atoms with Crippen LogP contribution in [0.4, 0.5) is 4.79 Å². The van der Waals surface area contributed by atoms with Crippen LogP contribution in [0.5, 0.6) is 11.5 Å². The molecule has 0 spiro atoms. The number of methoxy groups -OCH3 is 2. The number of hydrogen-bond acceptors (Lipinski definition) is 6. The van der Waals surface area contributed by atoms with E-state index in [9.17, 15) is 14.4 Å². The van der Waals surface area contributed by atoms with Crippen LogP contribution in [0.1, 0.15) is 45.6 Å². The van der Waals surface area contributed by atoms with Gasteiger partial charge in [-0.2, -0.15) is 0 Å². The standard InChI is InChI=1S/C23H35N3O6/c1-23(2,3)32-22(29)24-11-8-20(27)25-17-9-12-26(13-10-17)21(28)15-16-6-7-18(30-4)19(14-16)31-5/h6-7,14,17H,8-13,15H2,1-5H3,(H,24,29)(H,25,27). The summed E-state index contributed by atoms with van der Waals surface area (Å²) in [7, 11) is 3.14. The Morgan fingerprint density at radius 2 is 1.72 bits per heavy atom. The fourth-order valence-electron chi connectivity index (χ4n) is 3.44. The second-order valence-corrected chi connectivity index (χ2v) is 8.77. The number of likely N-dealkylation sites (tertiary alicyclic amines) is 1. The molecule has 1 saturated heterocycles. The van der Waals surface area contributed by atoms with Crippen molar-refractivity contribution in [2.45, 2.75) is 58.1 Å². The number of hydrogen-bond donors (Lipinski definition) is 2. The van der Waals surface area contributed by atoms with Crippen molar-refractivity contribution in [2.24, 2.45) is 0 Å². The lowest BCUT2D eigenvalue weighted by molar-refractivity contribution is -0.131. The minimum atomic E-state index is -0.572. The van der Waals surface area contributed by atoms with Crippen LogP contribution < -0.4 is 20.1 Å². The van der Waals surface area contributed by atoms with Crippen molar-refractivity contribution in [1.82, 2.24) is 15.5 Å². The number of ether oxygens (including phenoxy) is 3. The average Bonchev–Trinajstić information content (AvgIpc) is 2.72.